The molecule has 96 valence electrons. The molecule has 1 saturated heterocycles. The van der Waals surface area contributed by atoms with E-state index in [1.165, 1.54) is 24.4 Å². The monoisotopic (exact) mass is 259 g/mol. The molecular formula is C15H21NOSi. The molecule has 0 saturated carbocycles. The van der Waals surface area contributed by atoms with Gasteiger partial charge in [0, 0.05) is 13.0 Å². The smallest absolute Gasteiger partial charge is 0.0925 e. The summed E-state index contributed by atoms with van der Waals surface area (Å²) < 4.78 is 6.17. The van der Waals surface area contributed by atoms with Gasteiger partial charge in [0.1, 0.15) is 0 Å². The van der Waals surface area contributed by atoms with Crippen molar-refractivity contribution >= 4 is 14.7 Å². The van der Waals surface area contributed by atoms with Crippen LogP contribution >= 0.6 is 0 Å². The summed E-state index contributed by atoms with van der Waals surface area (Å²) in [6, 6.07) is 13.0. The highest BCUT2D eigenvalue weighted by atomic mass is 28.2. The number of nitrogens with zero attached hydrogens (tertiary/aromatic N) is 1. The molecule has 0 bridgehead atoms. The first-order valence-corrected chi connectivity index (χ1v) is 8.31. The minimum absolute atomic E-state index is 0.121. The summed E-state index contributed by atoms with van der Waals surface area (Å²) in [5.74, 6) is 0. The number of rotatable bonds is 5. The Kier molecular flexibility index (Phi) is 4.97. The van der Waals surface area contributed by atoms with Gasteiger partial charge in [-0.15, -0.1) is 0 Å². The van der Waals surface area contributed by atoms with E-state index in [9.17, 15) is 0 Å². The molecule has 0 aliphatic carbocycles. The topological polar surface area (TPSA) is 33.0 Å². The third-order valence-electron chi connectivity index (χ3n) is 3.73. The SMILES string of the molecule is N#CCCCC1([SiH2]c2ccccc2)CCCCO1. The molecule has 1 aromatic carbocycles. The van der Waals surface area contributed by atoms with Gasteiger partial charge in [0.2, 0.25) is 0 Å². The van der Waals surface area contributed by atoms with E-state index >= 15 is 0 Å². The van der Waals surface area contributed by atoms with E-state index in [4.69, 9.17) is 10.00 Å². The molecule has 0 N–H and O–H groups in total. The molecular weight excluding hydrogens is 238 g/mol. The van der Waals surface area contributed by atoms with Crippen LogP contribution in [0.5, 0.6) is 0 Å². The zero-order valence-electron chi connectivity index (χ0n) is 10.9. The van der Waals surface area contributed by atoms with Crippen molar-refractivity contribution in [3.05, 3.63) is 30.3 Å². The van der Waals surface area contributed by atoms with Crippen LogP contribution in [0.25, 0.3) is 0 Å². The van der Waals surface area contributed by atoms with Gasteiger partial charge in [-0.05, 0) is 32.1 Å². The van der Waals surface area contributed by atoms with Crippen LogP contribution in [-0.2, 0) is 4.74 Å². The first-order chi connectivity index (χ1) is 8.85. The molecule has 1 atom stereocenters. The average Bonchev–Trinajstić information content (AvgIpc) is 2.41. The van der Waals surface area contributed by atoms with Crippen molar-refractivity contribution in [1.29, 1.82) is 5.26 Å². The fourth-order valence-corrected chi connectivity index (χ4v) is 5.14. The molecule has 0 radical (unpaired) electrons. The third kappa shape index (κ3) is 3.69. The van der Waals surface area contributed by atoms with Crippen LogP contribution in [0.15, 0.2) is 30.3 Å². The average molecular weight is 259 g/mol. The summed E-state index contributed by atoms with van der Waals surface area (Å²) in [6.45, 7) is 0.909. The van der Waals surface area contributed by atoms with Crippen LogP contribution in [-0.4, -0.2) is 21.4 Å². The zero-order valence-corrected chi connectivity index (χ0v) is 12.3. The predicted molar refractivity (Wildman–Crippen MR) is 76.6 cm³/mol. The highest BCUT2D eigenvalue weighted by molar-refractivity contribution is 6.56. The molecule has 1 unspecified atom stereocenters. The lowest BCUT2D eigenvalue weighted by molar-refractivity contribution is -0.0252. The van der Waals surface area contributed by atoms with Crippen LogP contribution in [0.3, 0.4) is 0 Å². The van der Waals surface area contributed by atoms with E-state index in [2.05, 4.69) is 36.4 Å². The van der Waals surface area contributed by atoms with E-state index < -0.39 is 9.52 Å². The second-order valence-corrected chi connectivity index (χ2v) is 7.62. The molecule has 1 aromatic rings. The molecule has 1 aliphatic rings. The normalized spacial score (nSPS) is 24.2. The molecule has 18 heavy (non-hydrogen) atoms. The van der Waals surface area contributed by atoms with Crippen molar-refractivity contribution in [2.45, 2.75) is 43.7 Å². The Hall–Kier alpha value is -1.11. The van der Waals surface area contributed by atoms with Gasteiger partial charge >= 0.3 is 0 Å². The summed E-state index contributed by atoms with van der Waals surface area (Å²) in [5, 5.41) is 10.3. The largest absolute Gasteiger partial charge is 0.379 e. The summed E-state index contributed by atoms with van der Waals surface area (Å²) >= 11 is 0. The van der Waals surface area contributed by atoms with Gasteiger partial charge in [0.25, 0.3) is 0 Å². The summed E-state index contributed by atoms with van der Waals surface area (Å²) in [7, 11) is -0.424. The number of benzene rings is 1. The molecule has 2 nitrogen and oxygen atoms in total. The summed E-state index contributed by atoms with van der Waals surface area (Å²) in [4.78, 5) is 0. The highest BCUT2D eigenvalue weighted by Gasteiger charge is 2.33. The summed E-state index contributed by atoms with van der Waals surface area (Å²) in [6.07, 6.45) is 6.39. The Morgan fingerprint density at radius 2 is 2.11 bits per heavy atom. The number of hydrogen-bond donors (Lipinski definition) is 0. The van der Waals surface area contributed by atoms with Crippen molar-refractivity contribution in [3.63, 3.8) is 0 Å². The second kappa shape index (κ2) is 6.72. The molecule has 2 rings (SSSR count). The second-order valence-electron chi connectivity index (χ2n) is 5.16. The van der Waals surface area contributed by atoms with Crippen LogP contribution in [0.1, 0.15) is 38.5 Å². The fraction of sp³-hybridized carbons (Fsp3) is 0.533. The van der Waals surface area contributed by atoms with Crippen LogP contribution in [0.2, 0.25) is 0 Å². The maximum Gasteiger partial charge on any atom is 0.0925 e. The van der Waals surface area contributed by atoms with Gasteiger partial charge in [-0.1, -0.05) is 35.5 Å². The highest BCUT2D eigenvalue weighted by Crippen LogP contribution is 2.29. The Morgan fingerprint density at radius 3 is 2.78 bits per heavy atom. The van der Waals surface area contributed by atoms with Gasteiger partial charge in [0.15, 0.2) is 0 Å². The van der Waals surface area contributed by atoms with Crippen LogP contribution in [0, 0.1) is 11.3 Å². The van der Waals surface area contributed by atoms with Crippen molar-refractivity contribution < 1.29 is 4.74 Å². The quantitative estimate of drug-likeness (QED) is 0.599. The minimum atomic E-state index is -0.424. The molecule has 1 aliphatic heterocycles. The summed E-state index contributed by atoms with van der Waals surface area (Å²) in [5.41, 5.74) is 0. The first-order valence-electron chi connectivity index (χ1n) is 6.89. The molecule has 0 aromatic heterocycles. The molecule has 3 heteroatoms. The van der Waals surface area contributed by atoms with E-state index in [1.807, 2.05) is 0 Å². The van der Waals surface area contributed by atoms with Crippen molar-refractivity contribution in [1.82, 2.24) is 0 Å². The van der Waals surface area contributed by atoms with Gasteiger partial charge in [0.05, 0.1) is 20.8 Å². The Bertz CT molecular complexity index is 393. The van der Waals surface area contributed by atoms with Gasteiger partial charge in [-0.2, -0.15) is 5.26 Å². The standard InChI is InChI=1S/C15H21NOSi/c16-12-6-4-10-15(11-5-7-13-17-15)18-14-8-2-1-3-9-14/h1-3,8-9H,4-7,10-11,13,18H2. The first kappa shape index (κ1) is 13.3. The molecule has 0 amide bonds. The fourth-order valence-electron chi connectivity index (χ4n) is 2.79. The Labute approximate surface area is 112 Å². The maximum atomic E-state index is 8.69. The van der Waals surface area contributed by atoms with Crippen LogP contribution in [0.4, 0.5) is 0 Å². The number of ether oxygens (including phenoxy) is 1. The molecule has 0 spiro atoms. The van der Waals surface area contributed by atoms with Gasteiger partial charge in [-0.3, -0.25) is 0 Å². The van der Waals surface area contributed by atoms with Gasteiger partial charge < -0.3 is 4.74 Å². The van der Waals surface area contributed by atoms with Crippen molar-refractivity contribution in [3.8, 4) is 6.07 Å². The maximum absolute atomic E-state index is 8.69. The van der Waals surface area contributed by atoms with E-state index in [1.54, 1.807) is 0 Å². The lowest BCUT2D eigenvalue weighted by atomic mass is 10.0. The van der Waals surface area contributed by atoms with E-state index in [0.717, 1.165) is 19.4 Å². The lowest BCUT2D eigenvalue weighted by Gasteiger charge is -2.37. The van der Waals surface area contributed by atoms with Crippen LogP contribution < -0.4 is 5.19 Å². The predicted octanol–water partition coefficient (Wildman–Crippen LogP) is 2.07. The van der Waals surface area contributed by atoms with E-state index in [0.29, 0.717) is 6.42 Å². The zero-order chi connectivity index (χ0) is 12.7. The van der Waals surface area contributed by atoms with Crippen molar-refractivity contribution in [2.75, 3.05) is 6.61 Å². The minimum Gasteiger partial charge on any atom is -0.379 e. The Morgan fingerprint density at radius 1 is 1.28 bits per heavy atom. The number of hydrogen-bond acceptors (Lipinski definition) is 2. The van der Waals surface area contributed by atoms with Gasteiger partial charge in [-0.25, -0.2) is 0 Å². The third-order valence-corrected chi connectivity index (χ3v) is 6.16. The lowest BCUT2D eigenvalue weighted by Crippen LogP contribution is -2.47. The molecule has 1 fully saturated rings. The van der Waals surface area contributed by atoms with Crippen molar-refractivity contribution in [2.24, 2.45) is 0 Å². The molecule has 1 heterocycles. The number of nitriles is 1. The number of unbranched alkanes of at least 4 members (excludes halogenated alkanes) is 1. The Balaban J connectivity index is 2.02. The van der Waals surface area contributed by atoms with E-state index in [-0.39, 0.29) is 5.22 Å².